The van der Waals surface area contributed by atoms with Crippen LogP contribution in [0.15, 0.2) is 0 Å². The van der Waals surface area contributed by atoms with Crippen LogP contribution in [0, 0.1) is 5.92 Å². The number of nitrogens with zero attached hydrogens (tertiary/aromatic N) is 1. The average Bonchev–Trinajstić information content (AvgIpc) is 2.91. The van der Waals surface area contributed by atoms with Crippen molar-refractivity contribution in [2.24, 2.45) is 5.92 Å². The Labute approximate surface area is 123 Å². The SMILES string of the molecule is CS(=O)(=O)N1CCCC(CNCCOC2CCCC2)C1. The summed E-state index contributed by atoms with van der Waals surface area (Å²) in [5.41, 5.74) is 0. The Hall–Kier alpha value is -0.170. The highest BCUT2D eigenvalue weighted by atomic mass is 32.2. The fourth-order valence-corrected chi connectivity index (χ4v) is 4.10. The molecule has 6 heteroatoms. The van der Waals surface area contributed by atoms with Gasteiger partial charge in [-0.3, -0.25) is 0 Å². The van der Waals surface area contributed by atoms with Crippen LogP contribution in [-0.4, -0.2) is 57.9 Å². The van der Waals surface area contributed by atoms with E-state index < -0.39 is 10.0 Å². The zero-order valence-corrected chi connectivity index (χ0v) is 13.3. The van der Waals surface area contributed by atoms with Gasteiger partial charge in [-0.05, 0) is 38.1 Å². The van der Waals surface area contributed by atoms with Gasteiger partial charge >= 0.3 is 0 Å². The van der Waals surface area contributed by atoms with Crippen LogP contribution < -0.4 is 5.32 Å². The van der Waals surface area contributed by atoms with Crippen molar-refractivity contribution >= 4 is 10.0 Å². The Morgan fingerprint density at radius 2 is 1.95 bits per heavy atom. The minimum Gasteiger partial charge on any atom is -0.377 e. The maximum absolute atomic E-state index is 11.5. The molecule has 0 bridgehead atoms. The molecule has 2 rings (SSSR count). The molecule has 0 aromatic carbocycles. The van der Waals surface area contributed by atoms with Crippen molar-refractivity contribution in [2.75, 3.05) is 39.0 Å². The lowest BCUT2D eigenvalue weighted by atomic mass is 10.00. The van der Waals surface area contributed by atoms with Gasteiger partial charge in [-0.25, -0.2) is 12.7 Å². The van der Waals surface area contributed by atoms with Crippen LogP contribution >= 0.6 is 0 Å². The largest absolute Gasteiger partial charge is 0.377 e. The summed E-state index contributed by atoms with van der Waals surface area (Å²) in [4.78, 5) is 0. The quantitative estimate of drug-likeness (QED) is 0.718. The molecule has 1 saturated heterocycles. The summed E-state index contributed by atoms with van der Waals surface area (Å²) in [6.07, 6.45) is 8.91. The second-order valence-electron chi connectivity index (χ2n) is 6.11. The maximum Gasteiger partial charge on any atom is 0.211 e. The molecule has 1 unspecified atom stereocenters. The van der Waals surface area contributed by atoms with Crippen molar-refractivity contribution in [1.82, 2.24) is 9.62 Å². The molecular weight excluding hydrogens is 276 g/mol. The van der Waals surface area contributed by atoms with E-state index in [9.17, 15) is 8.42 Å². The number of sulfonamides is 1. The summed E-state index contributed by atoms with van der Waals surface area (Å²) >= 11 is 0. The molecular formula is C14H28N2O3S. The first kappa shape index (κ1) is 16.2. The van der Waals surface area contributed by atoms with Gasteiger partial charge in [0.25, 0.3) is 0 Å². The molecule has 1 N–H and O–H groups in total. The van der Waals surface area contributed by atoms with Gasteiger partial charge in [0.2, 0.25) is 10.0 Å². The second-order valence-corrected chi connectivity index (χ2v) is 8.09. The van der Waals surface area contributed by atoms with Crippen LogP contribution in [0.25, 0.3) is 0 Å². The van der Waals surface area contributed by atoms with Crippen LogP contribution in [0.4, 0.5) is 0 Å². The van der Waals surface area contributed by atoms with E-state index in [-0.39, 0.29) is 0 Å². The van der Waals surface area contributed by atoms with Crippen molar-refractivity contribution in [3.8, 4) is 0 Å². The third-order valence-corrected chi connectivity index (χ3v) is 5.59. The van der Waals surface area contributed by atoms with Crippen molar-refractivity contribution in [2.45, 2.75) is 44.6 Å². The molecule has 2 fully saturated rings. The first-order valence-corrected chi connectivity index (χ1v) is 9.68. The van der Waals surface area contributed by atoms with Crippen LogP contribution in [0.5, 0.6) is 0 Å². The number of nitrogens with one attached hydrogen (secondary N) is 1. The molecule has 5 nitrogen and oxygen atoms in total. The normalized spacial score (nSPS) is 26.1. The lowest BCUT2D eigenvalue weighted by Crippen LogP contribution is -2.42. The lowest BCUT2D eigenvalue weighted by Gasteiger charge is -2.31. The van der Waals surface area contributed by atoms with Gasteiger partial charge in [-0.2, -0.15) is 0 Å². The van der Waals surface area contributed by atoms with Crippen molar-refractivity contribution in [3.05, 3.63) is 0 Å². The second kappa shape index (κ2) is 7.73. The van der Waals surface area contributed by atoms with Gasteiger partial charge in [-0.15, -0.1) is 0 Å². The summed E-state index contributed by atoms with van der Waals surface area (Å²) in [5, 5.41) is 3.40. The smallest absolute Gasteiger partial charge is 0.211 e. The fourth-order valence-electron chi connectivity index (χ4n) is 3.15. The molecule has 0 spiro atoms. The zero-order chi connectivity index (χ0) is 14.4. The summed E-state index contributed by atoms with van der Waals surface area (Å²) < 4.78 is 30.5. The predicted octanol–water partition coefficient (Wildman–Crippen LogP) is 1.21. The van der Waals surface area contributed by atoms with Crippen LogP contribution in [0.3, 0.4) is 0 Å². The molecule has 0 aromatic heterocycles. The molecule has 1 heterocycles. The first-order chi connectivity index (χ1) is 9.55. The van der Waals surface area contributed by atoms with E-state index in [2.05, 4.69) is 5.32 Å². The van der Waals surface area contributed by atoms with Crippen molar-refractivity contribution < 1.29 is 13.2 Å². The Bertz CT molecular complexity index is 380. The minimum atomic E-state index is -3.02. The molecule has 0 aromatic rings. The average molecular weight is 304 g/mol. The fraction of sp³-hybridized carbons (Fsp3) is 1.00. The highest BCUT2D eigenvalue weighted by Crippen LogP contribution is 2.20. The molecule has 1 atom stereocenters. The third-order valence-electron chi connectivity index (χ3n) is 4.32. The molecule has 20 heavy (non-hydrogen) atoms. The van der Waals surface area contributed by atoms with E-state index in [0.29, 0.717) is 25.1 Å². The molecule has 1 aliphatic heterocycles. The minimum absolute atomic E-state index is 0.435. The Morgan fingerprint density at radius 1 is 1.20 bits per heavy atom. The number of piperidine rings is 1. The van der Waals surface area contributed by atoms with E-state index in [1.54, 1.807) is 4.31 Å². The Kier molecular flexibility index (Phi) is 6.26. The Balaban J connectivity index is 1.57. The molecule has 1 saturated carbocycles. The number of rotatable bonds is 7. The van der Waals surface area contributed by atoms with E-state index in [1.165, 1.54) is 31.9 Å². The van der Waals surface area contributed by atoms with Gasteiger partial charge in [0.05, 0.1) is 19.0 Å². The van der Waals surface area contributed by atoms with Gasteiger partial charge in [-0.1, -0.05) is 12.8 Å². The number of hydrogen-bond donors (Lipinski definition) is 1. The highest BCUT2D eigenvalue weighted by molar-refractivity contribution is 7.88. The highest BCUT2D eigenvalue weighted by Gasteiger charge is 2.25. The van der Waals surface area contributed by atoms with Crippen LogP contribution in [0.1, 0.15) is 38.5 Å². The third kappa shape index (κ3) is 5.31. The predicted molar refractivity (Wildman–Crippen MR) is 80.2 cm³/mol. The maximum atomic E-state index is 11.5. The van der Waals surface area contributed by atoms with Crippen LogP contribution in [-0.2, 0) is 14.8 Å². The Morgan fingerprint density at radius 3 is 2.65 bits per heavy atom. The number of hydrogen-bond acceptors (Lipinski definition) is 4. The van der Waals surface area contributed by atoms with Gasteiger partial charge in [0.15, 0.2) is 0 Å². The molecule has 0 radical (unpaired) electrons. The lowest BCUT2D eigenvalue weighted by molar-refractivity contribution is 0.0596. The molecule has 1 aliphatic carbocycles. The topological polar surface area (TPSA) is 58.6 Å². The molecule has 118 valence electrons. The standard InChI is InChI=1S/C14H28N2O3S/c1-20(17,18)16-9-4-5-13(12-16)11-15-8-10-19-14-6-2-3-7-14/h13-15H,2-12H2,1H3. The summed E-state index contributed by atoms with van der Waals surface area (Å²) in [6, 6.07) is 0. The van der Waals surface area contributed by atoms with Gasteiger partial charge in [0.1, 0.15) is 0 Å². The monoisotopic (exact) mass is 304 g/mol. The zero-order valence-electron chi connectivity index (χ0n) is 12.5. The molecule has 2 aliphatic rings. The van der Waals surface area contributed by atoms with E-state index in [1.807, 2.05) is 0 Å². The summed E-state index contributed by atoms with van der Waals surface area (Å²) in [5.74, 6) is 0.435. The van der Waals surface area contributed by atoms with Crippen molar-refractivity contribution in [1.29, 1.82) is 0 Å². The van der Waals surface area contributed by atoms with Gasteiger partial charge in [0, 0.05) is 19.6 Å². The van der Waals surface area contributed by atoms with E-state index in [4.69, 9.17) is 4.74 Å². The summed E-state index contributed by atoms with van der Waals surface area (Å²) in [7, 11) is -3.02. The van der Waals surface area contributed by atoms with Crippen molar-refractivity contribution in [3.63, 3.8) is 0 Å². The van der Waals surface area contributed by atoms with E-state index >= 15 is 0 Å². The van der Waals surface area contributed by atoms with Crippen LogP contribution in [0.2, 0.25) is 0 Å². The van der Waals surface area contributed by atoms with E-state index in [0.717, 1.165) is 32.5 Å². The molecule has 0 amide bonds. The first-order valence-electron chi connectivity index (χ1n) is 7.83. The number of ether oxygens (including phenoxy) is 1. The van der Waals surface area contributed by atoms with Gasteiger partial charge < -0.3 is 10.1 Å². The summed E-state index contributed by atoms with van der Waals surface area (Å²) in [6.45, 7) is 3.87.